The molecule has 0 aliphatic carbocycles. The molecular weight excluding hydrogens is 364 g/mol. The lowest BCUT2D eigenvalue weighted by Gasteiger charge is -2.34. The topological polar surface area (TPSA) is 64.7 Å². The Morgan fingerprint density at radius 3 is 2.14 bits per heavy atom. The van der Waals surface area contributed by atoms with Crippen LogP contribution in [0.4, 0.5) is 0 Å². The Bertz CT molecular complexity index is 800. The monoisotopic (exact) mass is 392 g/mol. The molecule has 3 rings (SSSR count). The number of nitrogens with zero attached hydrogens (tertiary/aromatic N) is 2. The molecule has 6 nitrogen and oxygen atoms in total. The summed E-state index contributed by atoms with van der Waals surface area (Å²) >= 11 is 0. The number of hydrogen-bond donors (Lipinski definition) is 2. The number of amides is 2. The number of nitrogens with one attached hydrogen (secondary N) is 2. The van der Waals surface area contributed by atoms with Gasteiger partial charge in [0, 0.05) is 51.8 Å². The van der Waals surface area contributed by atoms with Gasteiger partial charge in [-0.3, -0.25) is 25.3 Å². The van der Waals surface area contributed by atoms with Crippen LogP contribution in [0.1, 0.15) is 17.5 Å². The summed E-state index contributed by atoms with van der Waals surface area (Å²) in [4.78, 5) is 28.5. The minimum Gasteiger partial charge on any atom is -0.300 e. The Labute approximate surface area is 172 Å². The fraction of sp³-hybridized carbons (Fsp3) is 0.304. The van der Waals surface area contributed by atoms with Gasteiger partial charge >= 0.3 is 0 Å². The summed E-state index contributed by atoms with van der Waals surface area (Å²) in [5.41, 5.74) is 7.16. The van der Waals surface area contributed by atoms with E-state index < -0.39 is 0 Å². The molecule has 0 bridgehead atoms. The van der Waals surface area contributed by atoms with Crippen molar-refractivity contribution in [1.82, 2.24) is 20.7 Å². The highest BCUT2D eigenvalue weighted by Crippen LogP contribution is 2.08. The number of hydrogen-bond acceptors (Lipinski definition) is 4. The van der Waals surface area contributed by atoms with Crippen molar-refractivity contribution in [2.75, 3.05) is 32.7 Å². The summed E-state index contributed by atoms with van der Waals surface area (Å²) in [7, 11) is 0. The van der Waals surface area contributed by atoms with Gasteiger partial charge in [-0.05, 0) is 17.2 Å². The average Bonchev–Trinajstić information content (AvgIpc) is 2.77. The van der Waals surface area contributed by atoms with Gasteiger partial charge in [-0.1, -0.05) is 60.7 Å². The summed E-state index contributed by atoms with van der Waals surface area (Å²) in [5, 5.41) is 0. The number of piperazine rings is 1. The Morgan fingerprint density at radius 1 is 0.828 bits per heavy atom. The largest absolute Gasteiger partial charge is 0.300 e. The van der Waals surface area contributed by atoms with Gasteiger partial charge in [0.25, 0.3) is 5.91 Å². The van der Waals surface area contributed by atoms with Crippen LogP contribution in [0.2, 0.25) is 0 Å². The third-order valence-corrected chi connectivity index (χ3v) is 4.92. The van der Waals surface area contributed by atoms with Crippen molar-refractivity contribution in [3.05, 3.63) is 77.9 Å². The molecule has 2 aromatic carbocycles. The highest BCUT2D eigenvalue weighted by Gasteiger charge is 2.17. The fourth-order valence-corrected chi connectivity index (χ4v) is 3.24. The van der Waals surface area contributed by atoms with E-state index >= 15 is 0 Å². The molecule has 2 aromatic rings. The van der Waals surface area contributed by atoms with Gasteiger partial charge in [-0.15, -0.1) is 0 Å². The van der Waals surface area contributed by atoms with Gasteiger partial charge in [-0.25, -0.2) is 0 Å². The summed E-state index contributed by atoms with van der Waals surface area (Å²) in [6.07, 6.45) is 3.47. The maximum atomic E-state index is 12.0. The van der Waals surface area contributed by atoms with Gasteiger partial charge in [0.2, 0.25) is 5.91 Å². The standard InChI is InChI=1S/C23H28N4O2/c28-22(12-11-20-7-3-1-4-8-20)24-25-23(29)13-14-26-15-17-27(18-16-26)19-21-9-5-2-6-10-21/h1-12H,13-19H2,(H,24,28)(H,25,29). The Morgan fingerprint density at radius 2 is 1.45 bits per heavy atom. The molecule has 29 heavy (non-hydrogen) atoms. The van der Waals surface area contributed by atoms with E-state index in [2.05, 4.69) is 44.9 Å². The second-order valence-corrected chi connectivity index (χ2v) is 7.13. The Balaban J connectivity index is 1.29. The van der Waals surface area contributed by atoms with Crippen molar-refractivity contribution in [3.63, 3.8) is 0 Å². The van der Waals surface area contributed by atoms with Crippen LogP contribution in [0.25, 0.3) is 6.08 Å². The molecule has 1 fully saturated rings. The molecular formula is C23H28N4O2. The maximum Gasteiger partial charge on any atom is 0.262 e. The lowest BCUT2D eigenvalue weighted by molar-refractivity contribution is -0.127. The van der Waals surface area contributed by atoms with Crippen LogP contribution < -0.4 is 10.9 Å². The van der Waals surface area contributed by atoms with Crippen molar-refractivity contribution >= 4 is 17.9 Å². The zero-order valence-corrected chi connectivity index (χ0v) is 16.6. The lowest BCUT2D eigenvalue weighted by atomic mass is 10.2. The van der Waals surface area contributed by atoms with Crippen molar-refractivity contribution in [1.29, 1.82) is 0 Å². The quantitative estimate of drug-likeness (QED) is 0.559. The Kier molecular flexibility index (Phi) is 7.98. The first-order valence-electron chi connectivity index (χ1n) is 9.99. The summed E-state index contributed by atoms with van der Waals surface area (Å²) < 4.78 is 0. The van der Waals surface area contributed by atoms with E-state index in [1.54, 1.807) is 6.08 Å². The van der Waals surface area contributed by atoms with Crippen LogP contribution in [0.15, 0.2) is 66.7 Å². The van der Waals surface area contributed by atoms with Gasteiger partial charge in [0.15, 0.2) is 0 Å². The van der Waals surface area contributed by atoms with Crippen molar-refractivity contribution < 1.29 is 9.59 Å². The molecule has 0 saturated carbocycles. The molecule has 152 valence electrons. The third kappa shape index (κ3) is 7.52. The molecule has 1 aliphatic rings. The number of benzene rings is 2. The maximum absolute atomic E-state index is 12.0. The van der Waals surface area contributed by atoms with Crippen LogP contribution >= 0.6 is 0 Å². The summed E-state index contributed by atoms with van der Waals surface area (Å²) in [6.45, 7) is 5.56. The van der Waals surface area contributed by atoms with E-state index in [1.807, 2.05) is 36.4 Å². The van der Waals surface area contributed by atoms with E-state index in [-0.39, 0.29) is 11.8 Å². The van der Waals surface area contributed by atoms with Crippen molar-refractivity contribution in [2.24, 2.45) is 0 Å². The average molecular weight is 393 g/mol. The molecule has 0 atom stereocenters. The van der Waals surface area contributed by atoms with Crippen LogP contribution in [0, 0.1) is 0 Å². The zero-order valence-electron chi connectivity index (χ0n) is 16.6. The van der Waals surface area contributed by atoms with Gasteiger partial charge in [-0.2, -0.15) is 0 Å². The summed E-state index contributed by atoms with van der Waals surface area (Å²) in [5.74, 6) is -0.532. The Hall–Kier alpha value is -2.96. The predicted octanol–water partition coefficient (Wildman–Crippen LogP) is 2.06. The normalized spacial score (nSPS) is 15.3. The molecule has 0 unspecified atom stereocenters. The number of carbonyl (C=O) groups is 2. The molecule has 0 radical (unpaired) electrons. The van der Waals surface area contributed by atoms with Crippen molar-refractivity contribution in [3.8, 4) is 0 Å². The van der Waals surface area contributed by atoms with Crippen LogP contribution in [-0.2, 0) is 16.1 Å². The molecule has 1 heterocycles. The molecule has 6 heteroatoms. The molecule has 2 N–H and O–H groups in total. The van der Waals surface area contributed by atoms with Gasteiger partial charge < -0.3 is 4.90 Å². The zero-order chi connectivity index (χ0) is 20.3. The van der Waals surface area contributed by atoms with Crippen LogP contribution in [0.3, 0.4) is 0 Å². The second kappa shape index (κ2) is 11.1. The molecule has 0 aromatic heterocycles. The van der Waals surface area contributed by atoms with Gasteiger partial charge in [0.1, 0.15) is 0 Å². The minimum absolute atomic E-state index is 0.182. The number of hydrazine groups is 1. The minimum atomic E-state index is -0.350. The lowest BCUT2D eigenvalue weighted by Crippen LogP contribution is -2.47. The van der Waals surface area contributed by atoms with E-state index in [9.17, 15) is 9.59 Å². The molecule has 1 aliphatic heterocycles. The first kappa shape index (κ1) is 20.8. The summed E-state index contributed by atoms with van der Waals surface area (Å²) in [6, 6.07) is 20.0. The third-order valence-electron chi connectivity index (χ3n) is 4.92. The highest BCUT2D eigenvalue weighted by molar-refractivity contribution is 5.93. The smallest absolute Gasteiger partial charge is 0.262 e. The SMILES string of the molecule is O=C(C=Cc1ccccc1)NNC(=O)CCN1CCN(Cc2ccccc2)CC1. The van der Waals surface area contributed by atoms with Gasteiger partial charge in [0.05, 0.1) is 0 Å². The van der Waals surface area contributed by atoms with E-state index in [0.29, 0.717) is 13.0 Å². The first-order chi connectivity index (χ1) is 14.2. The van der Waals surface area contributed by atoms with Crippen LogP contribution in [0.5, 0.6) is 0 Å². The molecule has 2 amide bonds. The van der Waals surface area contributed by atoms with Crippen LogP contribution in [-0.4, -0.2) is 54.3 Å². The molecule has 1 saturated heterocycles. The van der Waals surface area contributed by atoms with E-state index in [0.717, 1.165) is 38.3 Å². The van der Waals surface area contributed by atoms with E-state index in [4.69, 9.17) is 0 Å². The second-order valence-electron chi connectivity index (χ2n) is 7.13. The number of carbonyl (C=O) groups excluding carboxylic acids is 2. The highest BCUT2D eigenvalue weighted by atomic mass is 16.2. The molecule has 0 spiro atoms. The first-order valence-corrected chi connectivity index (χ1v) is 9.99. The van der Waals surface area contributed by atoms with Crippen molar-refractivity contribution in [2.45, 2.75) is 13.0 Å². The number of rotatable bonds is 7. The van der Waals surface area contributed by atoms with E-state index in [1.165, 1.54) is 11.6 Å². The fourth-order valence-electron chi connectivity index (χ4n) is 3.24. The predicted molar refractivity (Wildman–Crippen MR) is 115 cm³/mol.